The van der Waals surface area contributed by atoms with Crippen LogP contribution in [0.5, 0.6) is 0 Å². The minimum absolute atomic E-state index is 0.112. The minimum Gasteiger partial charge on any atom is -0.356 e. The summed E-state index contributed by atoms with van der Waals surface area (Å²) >= 11 is 3.40. The van der Waals surface area contributed by atoms with E-state index in [1.54, 1.807) is 0 Å². The molecule has 21 heavy (non-hydrogen) atoms. The quantitative estimate of drug-likeness (QED) is 0.778. The van der Waals surface area contributed by atoms with Gasteiger partial charge in [-0.2, -0.15) is 0 Å². The van der Waals surface area contributed by atoms with Gasteiger partial charge < -0.3 is 9.84 Å². The lowest BCUT2D eigenvalue weighted by Crippen LogP contribution is -2.15. The number of anilines is 1. The van der Waals surface area contributed by atoms with Crippen LogP contribution in [-0.4, -0.2) is 11.1 Å². The summed E-state index contributed by atoms with van der Waals surface area (Å²) in [6.45, 7) is 1.95. The highest BCUT2D eigenvalue weighted by atomic mass is 79.9. The highest BCUT2D eigenvalue weighted by Crippen LogP contribution is 2.21. The fourth-order valence-corrected chi connectivity index (χ4v) is 2.65. The summed E-state index contributed by atoms with van der Waals surface area (Å²) in [5, 5.41) is 7.74. The van der Waals surface area contributed by atoms with Crippen molar-refractivity contribution in [2.75, 3.05) is 5.32 Å². The van der Waals surface area contributed by atoms with Crippen molar-refractivity contribution in [3.8, 4) is 0 Å². The van der Waals surface area contributed by atoms with Gasteiger partial charge in [-0.3, -0.25) is 4.79 Å². The van der Waals surface area contributed by atoms with E-state index in [9.17, 15) is 4.79 Å². The predicted octanol–water partition coefficient (Wildman–Crippen LogP) is 4.08. The summed E-state index contributed by atoms with van der Waals surface area (Å²) < 4.78 is 6.19. The van der Waals surface area contributed by atoms with Gasteiger partial charge in [0.2, 0.25) is 5.91 Å². The zero-order chi connectivity index (χ0) is 14.8. The van der Waals surface area contributed by atoms with Crippen molar-refractivity contribution in [2.45, 2.75) is 13.3 Å². The van der Waals surface area contributed by atoms with Gasteiger partial charge in [0.1, 0.15) is 5.69 Å². The molecule has 0 spiro atoms. The van der Waals surface area contributed by atoms with Crippen LogP contribution in [0.15, 0.2) is 51.5 Å². The highest BCUT2D eigenvalue weighted by Gasteiger charge is 2.12. The molecule has 0 aliphatic carbocycles. The smallest absolute Gasteiger partial charge is 0.230 e. The monoisotopic (exact) mass is 344 g/mol. The van der Waals surface area contributed by atoms with Crippen molar-refractivity contribution in [1.82, 2.24) is 5.16 Å². The molecule has 5 heteroatoms. The molecule has 0 saturated heterocycles. The van der Waals surface area contributed by atoms with E-state index in [4.69, 9.17) is 4.52 Å². The van der Waals surface area contributed by atoms with Crippen LogP contribution >= 0.6 is 15.9 Å². The highest BCUT2D eigenvalue weighted by molar-refractivity contribution is 9.10. The predicted molar refractivity (Wildman–Crippen MR) is 85.2 cm³/mol. The summed E-state index contributed by atoms with van der Waals surface area (Å²) in [4.78, 5) is 12.2. The lowest BCUT2D eigenvalue weighted by Gasteiger charge is -2.07. The van der Waals surface area contributed by atoms with Crippen LogP contribution in [0.3, 0.4) is 0 Å². The molecule has 0 aliphatic heterocycles. The fraction of sp³-hybridized carbons (Fsp3) is 0.125. The van der Waals surface area contributed by atoms with Crippen molar-refractivity contribution in [3.05, 3.63) is 58.2 Å². The van der Waals surface area contributed by atoms with E-state index in [0.29, 0.717) is 11.3 Å². The minimum atomic E-state index is -0.112. The maximum atomic E-state index is 12.2. The Bertz CT molecular complexity index is 811. The summed E-state index contributed by atoms with van der Waals surface area (Å²) in [5.74, 6) is -0.112. The Morgan fingerprint density at radius 1 is 1.29 bits per heavy atom. The Morgan fingerprint density at radius 2 is 2.10 bits per heavy atom. The lowest BCUT2D eigenvalue weighted by atomic mass is 10.1. The van der Waals surface area contributed by atoms with Gasteiger partial charge in [0.15, 0.2) is 5.58 Å². The Balaban J connectivity index is 1.77. The average molecular weight is 345 g/mol. The first-order valence-corrected chi connectivity index (χ1v) is 7.32. The summed E-state index contributed by atoms with van der Waals surface area (Å²) in [6.07, 6.45) is 0.187. The first-order valence-electron chi connectivity index (χ1n) is 6.53. The standard InChI is InChI=1S/C16H13BrN2O2/c1-10-8-11(17)6-7-13(10)18-16(20)9-14-12-4-2-3-5-15(12)21-19-14/h2-8H,9H2,1H3,(H,18,20). The number of para-hydroxylation sites is 1. The van der Waals surface area contributed by atoms with Gasteiger partial charge in [-0.15, -0.1) is 0 Å². The number of carbonyl (C=O) groups excluding carboxylic acids is 1. The van der Waals surface area contributed by atoms with Crippen LogP contribution in [0, 0.1) is 6.92 Å². The molecule has 1 heterocycles. The van der Waals surface area contributed by atoms with E-state index >= 15 is 0 Å². The maximum Gasteiger partial charge on any atom is 0.230 e. The second-order valence-electron chi connectivity index (χ2n) is 4.81. The van der Waals surface area contributed by atoms with E-state index in [-0.39, 0.29) is 12.3 Å². The SMILES string of the molecule is Cc1cc(Br)ccc1NC(=O)Cc1noc2ccccc12. The van der Waals surface area contributed by atoms with Gasteiger partial charge in [-0.05, 0) is 42.8 Å². The van der Waals surface area contributed by atoms with Crippen LogP contribution in [0.4, 0.5) is 5.69 Å². The second-order valence-corrected chi connectivity index (χ2v) is 5.73. The fourth-order valence-electron chi connectivity index (χ4n) is 2.18. The van der Waals surface area contributed by atoms with E-state index in [2.05, 4.69) is 26.4 Å². The van der Waals surface area contributed by atoms with Gasteiger partial charge in [-0.1, -0.05) is 33.2 Å². The van der Waals surface area contributed by atoms with Gasteiger partial charge >= 0.3 is 0 Å². The van der Waals surface area contributed by atoms with Crippen LogP contribution in [0.25, 0.3) is 11.0 Å². The molecular formula is C16H13BrN2O2. The number of amides is 1. The third-order valence-corrected chi connectivity index (χ3v) is 3.74. The lowest BCUT2D eigenvalue weighted by molar-refractivity contribution is -0.115. The molecule has 0 fully saturated rings. The molecule has 1 N–H and O–H groups in total. The van der Waals surface area contributed by atoms with Gasteiger partial charge in [-0.25, -0.2) is 0 Å². The van der Waals surface area contributed by atoms with Gasteiger partial charge in [0.25, 0.3) is 0 Å². The Hall–Kier alpha value is -2.14. The normalized spacial score (nSPS) is 10.8. The van der Waals surface area contributed by atoms with Crippen LogP contribution in [-0.2, 0) is 11.2 Å². The number of hydrogen-bond acceptors (Lipinski definition) is 3. The summed E-state index contributed by atoms with van der Waals surface area (Å²) in [5.41, 5.74) is 3.15. The van der Waals surface area contributed by atoms with Crippen molar-refractivity contribution >= 4 is 38.5 Å². The van der Waals surface area contributed by atoms with Gasteiger partial charge in [0.05, 0.1) is 6.42 Å². The molecule has 1 amide bonds. The largest absolute Gasteiger partial charge is 0.356 e. The second kappa shape index (κ2) is 5.69. The molecular weight excluding hydrogens is 332 g/mol. The number of nitrogens with one attached hydrogen (secondary N) is 1. The third-order valence-electron chi connectivity index (χ3n) is 3.24. The number of benzene rings is 2. The summed E-state index contributed by atoms with van der Waals surface area (Å²) in [6, 6.07) is 13.2. The molecule has 0 unspecified atom stereocenters. The molecule has 0 bridgehead atoms. The summed E-state index contributed by atoms with van der Waals surface area (Å²) in [7, 11) is 0. The number of nitrogens with zero attached hydrogens (tertiary/aromatic N) is 1. The Kier molecular flexibility index (Phi) is 3.75. The first-order chi connectivity index (χ1) is 10.1. The van der Waals surface area contributed by atoms with Crippen molar-refractivity contribution in [3.63, 3.8) is 0 Å². The number of hydrogen-bond donors (Lipinski definition) is 1. The Labute approximate surface area is 130 Å². The van der Waals surface area contributed by atoms with E-state index < -0.39 is 0 Å². The number of aryl methyl sites for hydroxylation is 1. The molecule has 2 aromatic carbocycles. The molecule has 3 aromatic rings. The molecule has 3 rings (SSSR count). The maximum absolute atomic E-state index is 12.2. The molecule has 1 aromatic heterocycles. The number of aromatic nitrogens is 1. The molecule has 106 valence electrons. The zero-order valence-corrected chi connectivity index (χ0v) is 13.0. The molecule has 0 atom stereocenters. The van der Waals surface area contributed by atoms with Crippen molar-refractivity contribution < 1.29 is 9.32 Å². The Morgan fingerprint density at radius 3 is 2.90 bits per heavy atom. The third kappa shape index (κ3) is 2.97. The van der Waals surface area contributed by atoms with E-state index in [1.165, 1.54) is 0 Å². The topological polar surface area (TPSA) is 55.1 Å². The van der Waals surface area contributed by atoms with E-state index in [1.807, 2.05) is 49.4 Å². The van der Waals surface area contributed by atoms with Gasteiger partial charge in [0, 0.05) is 15.5 Å². The van der Waals surface area contributed by atoms with Crippen LogP contribution in [0.2, 0.25) is 0 Å². The number of halogens is 1. The van der Waals surface area contributed by atoms with Crippen molar-refractivity contribution in [2.24, 2.45) is 0 Å². The molecule has 4 nitrogen and oxygen atoms in total. The van der Waals surface area contributed by atoms with Crippen LogP contribution in [0.1, 0.15) is 11.3 Å². The van der Waals surface area contributed by atoms with E-state index in [0.717, 1.165) is 21.1 Å². The molecule has 0 aliphatic rings. The number of fused-ring (bicyclic) bond motifs is 1. The first kappa shape index (κ1) is 13.8. The van der Waals surface area contributed by atoms with Crippen LogP contribution < -0.4 is 5.32 Å². The molecule has 0 saturated carbocycles. The molecule has 0 radical (unpaired) electrons. The zero-order valence-electron chi connectivity index (χ0n) is 11.4. The van der Waals surface area contributed by atoms with Crippen molar-refractivity contribution in [1.29, 1.82) is 0 Å². The average Bonchev–Trinajstić information content (AvgIpc) is 2.85. The number of rotatable bonds is 3. The number of carbonyl (C=O) groups is 1.